The average molecular weight is 290 g/mol. The Balaban J connectivity index is 2.32. The van der Waals surface area contributed by atoms with Crippen molar-refractivity contribution in [1.82, 2.24) is 4.31 Å². The van der Waals surface area contributed by atoms with Crippen molar-refractivity contribution < 1.29 is 13.2 Å². The maximum absolute atomic E-state index is 12.4. The smallest absolute Gasteiger partial charge is 0.243 e. The number of hydrogen-bond acceptors (Lipinski definition) is 3. The fraction of sp³-hybridized carbons (Fsp3) is 0.500. The van der Waals surface area contributed by atoms with Gasteiger partial charge < -0.3 is 4.74 Å². The molecule has 1 saturated heterocycles. The quantitative estimate of drug-likeness (QED) is 0.837. The van der Waals surface area contributed by atoms with Gasteiger partial charge in [0.05, 0.1) is 17.6 Å². The van der Waals surface area contributed by atoms with E-state index in [0.717, 1.165) is 5.56 Å². The lowest BCUT2D eigenvalue weighted by Crippen LogP contribution is -2.44. The monoisotopic (exact) mass is 289 g/mol. The summed E-state index contributed by atoms with van der Waals surface area (Å²) in [6, 6.07) is 4.82. The van der Waals surface area contributed by atoms with Crippen molar-refractivity contribution in [2.75, 3.05) is 19.7 Å². The van der Waals surface area contributed by atoms with Crippen molar-refractivity contribution in [2.24, 2.45) is 0 Å². The van der Waals surface area contributed by atoms with Crippen LogP contribution < -0.4 is 0 Å². The minimum Gasteiger partial charge on any atom is -0.376 e. The van der Waals surface area contributed by atoms with E-state index >= 15 is 0 Å². The van der Waals surface area contributed by atoms with E-state index in [1.165, 1.54) is 10.4 Å². The Labute approximate surface area is 113 Å². The first-order chi connectivity index (χ1) is 8.41. The number of nitrogens with zero attached hydrogens (tertiary/aromatic N) is 1. The summed E-state index contributed by atoms with van der Waals surface area (Å²) in [6.07, 6.45) is -0.0746. The van der Waals surface area contributed by atoms with Crippen LogP contribution in [0.3, 0.4) is 0 Å². The van der Waals surface area contributed by atoms with E-state index < -0.39 is 10.0 Å². The number of benzene rings is 1. The summed E-state index contributed by atoms with van der Waals surface area (Å²) in [4.78, 5) is 0.243. The molecule has 1 aromatic rings. The molecule has 1 aliphatic rings. The maximum atomic E-state index is 12.4. The van der Waals surface area contributed by atoms with E-state index in [9.17, 15) is 8.42 Å². The number of morpholine rings is 1. The van der Waals surface area contributed by atoms with E-state index in [-0.39, 0.29) is 11.0 Å². The summed E-state index contributed by atoms with van der Waals surface area (Å²) in [7, 11) is -3.47. The Morgan fingerprint density at radius 1 is 1.44 bits per heavy atom. The Bertz CT molecular complexity index is 544. The topological polar surface area (TPSA) is 46.6 Å². The van der Waals surface area contributed by atoms with E-state index in [0.29, 0.717) is 24.7 Å². The highest BCUT2D eigenvalue weighted by atomic mass is 35.5. The van der Waals surface area contributed by atoms with Gasteiger partial charge in [-0.05, 0) is 31.5 Å². The van der Waals surface area contributed by atoms with Crippen LogP contribution in [0.4, 0.5) is 0 Å². The summed E-state index contributed by atoms with van der Waals surface area (Å²) >= 11 is 5.98. The highest BCUT2D eigenvalue weighted by Crippen LogP contribution is 2.23. The van der Waals surface area contributed by atoms with Gasteiger partial charge in [-0.15, -0.1) is 0 Å². The SMILES string of the molecule is Cc1ccc(S(=O)(=O)N2CCOC(C)C2)cc1Cl. The second kappa shape index (κ2) is 5.17. The normalized spacial score (nSPS) is 22.1. The average Bonchev–Trinajstić information content (AvgIpc) is 2.32. The molecule has 18 heavy (non-hydrogen) atoms. The number of ether oxygens (including phenoxy) is 1. The summed E-state index contributed by atoms with van der Waals surface area (Å²) in [5.74, 6) is 0. The van der Waals surface area contributed by atoms with Crippen LogP contribution in [0.1, 0.15) is 12.5 Å². The molecule has 1 heterocycles. The fourth-order valence-electron chi connectivity index (χ4n) is 1.89. The predicted molar refractivity (Wildman–Crippen MR) is 70.4 cm³/mol. The van der Waals surface area contributed by atoms with Gasteiger partial charge in [0, 0.05) is 18.1 Å². The first-order valence-electron chi connectivity index (χ1n) is 5.79. The first-order valence-corrected chi connectivity index (χ1v) is 7.61. The molecular weight excluding hydrogens is 274 g/mol. The molecule has 2 rings (SSSR count). The molecule has 1 aromatic carbocycles. The zero-order chi connectivity index (χ0) is 13.3. The summed E-state index contributed by atoms with van der Waals surface area (Å²) < 4.78 is 31.6. The molecule has 0 aliphatic carbocycles. The molecule has 100 valence electrons. The third-order valence-corrected chi connectivity index (χ3v) is 5.25. The summed E-state index contributed by atoms with van der Waals surface area (Å²) in [5, 5.41) is 0.470. The largest absolute Gasteiger partial charge is 0.376 e. The van der Waals surface area contributed by atoms with Gasteiger partial charge >= 0.3 is 0 Å². The number of hydrogen-bond donors (Lipinski definition) is 0. The van der Waals surface area contributed by atoms with Crippen LogP contribution >= 0.6 is 11.6 Å². The van der Waals surface area contributed by atoms with Crippen molar-refractivity contribution in [3.8, 4) is 0 Å². The van der Waals surface area contributed by atoms with Crippen molar-refractivity contribution in [3.05, 3.63) is 28.8 Å². The second-order valence-corrected chi connectivity index (χ2v) is 6.80. The Hall–Kier alpha value is -0.620. The highest BCUT2D eigenvalue weighted by Gasteiger charge is 2.29. The lowest BCUT2D eigenvalue weighted by Gasteiger charge is -2.30. The van der Waals surface area contributed by atoms with Crippen LogP contribution in [0.25, 0.3) is 0 Å². The lowest BCUT2D eigenvalue weighted by atomic mass is 10.2. The Morgan fingerprint density at radius 2 is 2.17 bits per heavy atom. The predicted octanol–water partition coefficient (Wildman–Crippen LogP) is 2.06. The van der Waals surface area contributed by atoms with Gasteiger partial charge in [-0.25, -0.2) is 8.42 Å². The number of sulfonamides is 1. The van der Waals surface area contributed by atoms with E-state index in [1.807, 2.05) is 13.8 Å². The van der Waals surface area contributed by atoms with E-state index in [2.05, 4.69) is 0 Å². The van der Waals surface area contributed by atoms with Crippen LogP contribution in [-0.4, -0.2) is 38.5 Å². The molecule has 1 atom stereocenters. The molecule has 4 nitrogen and oxygen atoms in total. The molecule has 1 unspecified atom stereocenters. The minimum atomic E-state index is -3.47. The summed E-state index contributed by atoms with van der Waals surface area (Å²) in [6.45, 7) is 4.91. The molecule has 0 N–H and O–H groups in total. The Morgan fingerprint density at radius 3 is 2.78 bits per heavy atom. The van der Waals surface area contributed by atoms with Crippen molar-refractivity contribution in [3.63, 3.8) is 0 Å². The molecular formula is C12H16ClNO3S. The molecule has 0 amide bonds. The number of rotatable bonds is 2. The molecule has 0 aromatic heterocycles. The van der Waals surface area contributed by atoms with Gasteiger partial charge in [0.15, 0.2) is 0 Å². The van der Waals surface area contributed by atoms with Crippen molar-refractivity contribution >= 4 is 21.6 Å². The maximum Gasteiger partial charge on any atom is 0.243 e. The first kappa shape index (κ1) is 13.8. The molecule has 0 radical (unpaired) electrons. The van der Waals surface area contributed by atoms with Crippen LogP contribution in [0, 0.1) is 6.92 Å². The van der Waals surface area contributed by atoms with Gasteiger partial charge in [-0.1, -0.05) is 17.7 Å². The molecule has 0 bridgehead atoms. The van der Waals surface area contributed by atoms with Gasteiger partial charge in [0.1, 0.15) is 0 Å². The lowest BCUT2D eigenvalue weighted by molar-refractivity contribution is 0.0102. The van der Waals surface area contributed by atoms with E-state index in [4.69, 9.17) is 16.3 Å². The van der Waals surface area contributed by atoms with Crippen LogP contribution in [0.15, 0.2) is 23.1 Å². The van der Waals surface area contributed by atoms with Crippen LogP contribution in [0.5, 0.6) is 0 Å². The van der Waals surface area contributed by atoms with Gasteiger partial charge in [-0.3, -0.25) is 0 Å². The third-order valence-electron chi connectivity index (χ3n) is 2.98. The number of halogens is 1. The number of aryl methyl sites for hydroxylation is 1. The zero-order valence-electron chi connectivity index (χ0n) is 10.4. The van der Waals surface area contributed by atoms with E-state index in [1.54, 1.807) is 12.1 Å². The minimum absolute atomic E-state index is 0.0746. The fourth-order valence-corrected chi connectivity index (χ4v) is 3.66. The van der Waals surface area contributed by atoms with Crippen molar-refractivity contribution in [1.29, 1.82) is 0 Å². The molecule has 1 aliphatic heterocycles. The van der Waals surface area contributed by atoms with Gasteiger partial charge in [-0.2, -0.15) is 4.31 Å². The van der Waals surface area contributed by atoms with Crippen molar-refractivity contribution in [2.45, 2.75) is 24.8 Å². The van der Waals surface area contributed by atoms with Crippen LogP contribution in [0.2, 0.25) is 5.02 Å². The van der Waals surface area contributed by atoms with Crippen LogP contribution in [-0.2, 0) is 14.8 Å². The zero-order valence-corrected chi connectivity index (χ0v) is 12.0. The van der Waals surface area contributed by atoms with Gasteiger partial charge in [0.2, 0.25) is 10.0 Å². The molecule has 0 spiro atoms. The second-order valence-electron chi connectivity index (χ2n) is 4.46. The third kappa shape index (κ3) is 2.69. The highest BCUT2D eigenvalue weighted by molar-refractivity contribution is 7.89. The molecule has 1 fully saturated rings. The molecule has 0 saturated carbocycles. The Kier molecular flexibility index (Phi) is 3.96. The standard InChI is InChI=1S/C12H16ClNO3S/c1-9-3-4-11(7-12(9)13)18(15,16)14-5-6-17-10(2)8-14/h3-4,7,10H,5-6,8H2,1-2H3. The van der Waals surface area contributed by atoms with Gasteiger partial charge in [0.25, 0.3) is 0 Å². The summed E-state index contributed by atoms with van der Waals surface area (Å²) in [5.41, 5.74) is 0.867. The molecule has 6 heteroatoms.